The summed E-state index contributed by atoms with van der Waals surface area (Å²) in [5, 5.41) is 0.223. The molecule has 0 saturated heterocycles. The van der Waals surface area contributed by atoms with Crippen molar-refractivity contribution in [2.75, 3.05) is 0 Å². The van der Waals surface area contributed by atoms with Crippen molar-refractivity contribution in [2.45, 2.75) is 12.2 Å². The standard InChI is InChI=1S/C13H10ClF4N3/c14-10-3-2-8(15)5-9(10)12(21-19)11-4-1-7(6-20-11)13(16,17)18/h1-6,12,21H,19H2. The van der Waals surface area contributed by atoms with Gasteiger partial charge in [0.2, 0.25) is 0 Å². The maximum Gasteiger partial charge on any atom is 0.417 e. The number of halogens is 5. The Kier molecular flexibility index (Phi) is 4.46. The smallest absolute Gasteiger partial charge is 0.271 e. The first-order chi connectivity index (χ1) is 9.82. The summed E-state index contributed by atoms with van der Waals surface area (Å²) >= 11 is 5.95. The molecule has 1 heterocycles. The van der Waals surface area contributed by atoms with Crippen LogP contribution in [0.1, 0.15) is 22.9 Å². The summed E-state index contributed by atoms with van der Waals surface area (Å²) in [5.74, 6) is 4.85. The maximum atomic E-state index is 13.3. The Labute approximate surface area is 122 Å². The van der Waals surface area contributed by atoms with E-state index >= 15 is 0 Å². The molecule has 3 N–H and O–H groups in total. The summed E-state index contributed by atoms with van der Waals surface area (Å²) < 4.78 is 50.8. The molecule has 0 fully saturated rings. The molecule has 1 aromatic carbocycles. The topological polar surface area (TPSA) is 50.9 Å². The molecule has 0 radical (unpaired) electrons. The zero-order valence-electron chi connectivity index (χ0n) is 10.5. The fraction of sp³-hybridized carbons (Fsp3) is 0.154. The van der Waals surface area contributed by atoms with Gasteiger partial charge >= 0.3 is 6.18 Å². The van der Waals surface area contributed by atoms with Gasteiger partial charge in [-0.15, -0.1) is 0 Å². The van der Waals surface area contributed by atoms with Crippen LogP contribution in [0.25, 0.3) is 0 Å². The minimum Gasteiger partial charge on any atom is -0.271 e. The molecule has 112 valence electrons. The lowest BCUT2D eigenvalue weighted by molar-refractivity contribution is -0.137. The fourth-order valence-electron chi connectivity index (χ4n) is 1.81. The molecule has 21 heavy (non-hydrogen) atoms. The number of aromatic nitrogens is 1. The highest BCUT2D eigenvalue weighted by molar-refractivity contribution is 6.31. The van der Waals surface area contributed by atoms with Crippen molar-refractivity contribution in [3.63, 3.8) is 0 Å². The van der Waals surface area contributed by atoms with Gasteiger partial charge in [0.25, 0.3) is 0 Å². The number of pyridine rings is 1. The molecule has 2 rings (SSSR count). The number of hydrogen-bond donors (Lipinski definition) is 2. The van der Waals surface area contributed by atoms with Crippen LogP contribution in [-0.2, 0) is 6.18 Å². The molecule has 0 saturated carbocycles. The molecule has 1 aromatic heterocycles. The molecule has 2 aromatic rings. The minimum atomic E-state index is -4.48. The minimum absolute atomic E-state index is 0.193. The lowest BCUT2D eigenvalue weighted by Crippen LogP contribution is -2.30. The van der Waals surface area contributed by atoms with Crippen LogP contribution in [0.4, 0.5) is 17.6 Å². The molecule has 0 spiro atoms. The molecule has 8 heteroatoms. The van der Waals surface area contributed by atoms with Gasteiger partial charge in [-0.25, -0.2) is 9.82 Å². The van der Waals surface area contributed by atoms with E-state index in [2.05, 4.69) is 10.4 Å². The number of alkyl halides is 3. The van der Waals surface area contributed by atoms with Crippen LogP contribution < -0.4 is 11.3 Å². The van der Waals surface area contributed by atoms with Gasteiger partial charge < -0.3 is 0 Å². The van der Waals surface area contributed by atoms with Gasteiger partial charge in [-0.3, -0.25) is 10.8 Å². The maximum absolute atomic E-state index is 13.3. The SMILES string of the molecule is NNC(c1ccc(C(F)(F)F)cn1)c1cc(F)ccc1Cl. The van der Waals surface area contributed by atoms with E-state index in [1.807, 2.05) is 0 Å². The average molecular weight is 320 g/mol. The Balaban J connectivity index is 2.40. The Morgan fingerprint density at radius 3 is 2.43 bits per heavy atom. The van der Waals surface area contributed by atoms with Gasteiger partial charge in [-0.1, -0.05) is 11.6 Å². The van der Waals surface area contributed by atoms with Crippen LogP contribution in [-0.4, -0.2) is 4.98 Å². The van der Waals surface area contributed by atoms with Gasteiger partial charge in [0, 0.05) is 11.2 Å². The van der Waals surface area contributed by atoms with E-state index in [0.29, 0.717) is 6.20 Å². The van der Waals surface area contributed by atoms with Gasteiger partial charge in [-0.2, -0.15) is 13.2 Å². The Morgan fingerprint density at radius 2 is 1.90 bits per heavy atom. The van der Waals surface area contributed by atoms with Crippen molar-refractivity contribution in [1.82, 2.24) is 10.4 Å². The molecule has 3 nitrogen and oxygen atoms in total. The van der Waals surface area contributed by atoms with Gasteiger partial charge in [0.15, 0.2) is 0 Å². The fourth-order valence-corrected chi connectivity index (χ4v) is 2.04. The Bertz CT molecular complexity index is 628. The first-order valence-corrected chi connectivity index (χ1v) is 6.15. The molecule has 0 bridgehead atoms. The summed E-state index contributed by atoms with van der Waals surface area (Å²) in [5.41, 5.74) is 1.96. The number of rotatable bonds is 3. The first kappa shape index (κ1) is 15.7. The number of hydrogen-bond acceptors (Lipinski definition) is 3. The summed E-state index contributed by atoms with van der Waals surface area (Å²) in [6.45, 7) is 0. The summed E-state index contributed by atoms with van der Waals surface area (Å²) in [7, 11) is 0. The Morgan fingerprint density at radius 1 is 1.19 bits per heavy atom. The number of hydrazine groups is 1. The van der Waals surface area contributed by atoms with Crippen molar-refractivity contribution < 1.29 is 17.6 Å². The van der Waals surface area contributed by atoms with Crippen LogP contribution in [0.15, 0.2) is 36.5 Å². The third kappa shape index (κ3) is 3.49. The number of nitrogens with zero attached hydrogens (tertiary/aromatic N) is 1. The second kappa shape index (κ2) is 5.97. The van der Waals surface area contributed by atoms with Crippen LogP contribution in [0.3, 0.4) is 0 Å². The van der Waals surface area contributed by atoms with Gasteiger partial charge in [0.1, 0.15) is 5.82 Å². The largest absolute Gasteiger partial charge is 0.417 e. The normalized spacial score (nSPS) is 13.2. The zero-order valence-corrected chi connectivity index (χ0v) is 11.2. The van der Waals surface area contributed by atoms with Crippen LogP contribution in [0, 0.1) is 5.82 Å². The van der Waals surface area contributed by atoms with Crippen molar-refractivity contribution in [3.05, 3.63) is 64.2 Å². The van der Waals surface area contributed by atoms with Gasteiger partial charge in [0.05, 0.1) is 17.3 Å². The third-order valence-electron chi connectivity index (χ3n) is 2.85. The first-order valence-electron chi connectivity index (χ1n) is 5.77. The lowest BCUT2D eigenvalue weighted by atomic mass is 10.0. The van der Waals surface area contributed by atoms with E-state index in [1.54, 1.807) is 0 Å². The highest BCUT2D eigenvalue weighted by atomic mass is 35.5. The molecule has 1 atom stereocenters. The molecule has 0 aliphatic rings. The van der Waals surface area contributed by atoms with E-state index in [-0.39, 0.29) is 16.3 Å². The second-order valence-electron chi connectivity index (χ2n) is 4.24. The molecule has 0 aliphatic carbocycles. The molecule has 1 unspecified atom stereocenters. The Hall–Kier alpha value is -1.70. The van der Waals surface area contributed by atoms with Crippen molar-refractivity contribution in [1.29, 1.82) is 0 Å². The number of nitrogens with one attached hydrogen (secondary N) is 1. The number of benzene rings is 1. The van der Waals surface area contributed by atoms with Crippen molar-refractivity contribution >= 4 is 11.6 Å². The predicted octanol–water partition coefficient (Wildman–Crippen LogP) is 3.45. The molecular weight excluding hydrogens is 310 g/mol. The van der Waals surface area contributed by atoms with E-state index in [1.165, 1.54) is 12.1 Å². The predicted molar refractivity (Wildman–Crippen MR) is 69.8 cm³/mol. The van der Waals surface area contributed by atoms with E-state index in [9.17, 15) is 17.6 Å². The summed E-state index contributed by atoms with van der Waals surface area (Å²) in [4.78, 5) is 3.72. The van der Waals surface area contributed by atoms with Gasteiger partial charge in [-0.05, 0) is 35.9 Å². The van der Waals surface area contributed by atoms with E-state index in [4.69, 9.17) is 17.4 Å². The van der Waals surface area contributed by atoms with E-state index in [0.717, 1.165) is 18.2 Å². The van der Waals surface area contributed by atoms with E-state index < -0.39 is 23.6 Å². The lowest BCUT2D eigenvalue weighted by Gasteiger charge is -2.18. The summed E-state index contributed by atoms with van der Waals surface area (Å²) in [6.07, 6.45) is -3.79. The quantitative estimate of drug-likeness (QED) is 0.517. The van der Waals surface area contributed by atoms with Crippen LogP contribution in [0.5, 0.6) is 0 Å². The molecule has 0 amide bonds. The van der Waals surface area contributed by atoms with Crippen molar-refractivity contribution in [2.24, 2.45) is 5.84 Å². The second-order valence-corrected chi connectivity index (χ2v) is 4.64. The van der Waals surface area contributed by atoms with Crippen LogP contribution in [0.2, 0.25) is 5.02 Å². The zero-order chi connectivity index (χ0) is 15.6. The summed E-state index contributed by atoms with van der Waals surface area (Å²) in [6, 6.07) is 4.86. The highest BCUT2D eigenvalue weighted by Crippen LogP contribution is 2.31. The molecule has 0 aliphatic heterocycles. The number of nitrogens with two attached hydrogens (primary N) is 1. The monoisotopic (exact) mass is 319 g/mol. The van der Waals surface area contributed by atoms with Crippen LogP contribution >= 0.6 is 11.6 Å². The average Bonchev–Trinajstić information content (AvgIpc) is 2.43. The highest BCUT2D eigenvalue weighted by Gasteiger charge is 2.31. The molecular formula is C13H10ClF4N3. The third-order valence-corrected chi connectivity index (χ3v) is 3.19. The van der Waals surface area contributed by atoms with Crippen molar-refractivity contribution in [3.8, 4) is 0 Å².